The van der Waals surface area contributed by atoms with Crippen molar-refractivity contribution in [3.8, 4) is 0 Å². The lowest BCUT2D eigenvalue weighted by Crippen LogP contribution is -2.49. The Bertz CT molecular complexity index is 504. The Kier molecular flexibility index (Phi) is 4.00. The minimum atomic E-state index is -0.423. The number of carbonyl (C=O) groups is 1. The predicted octanol–water partition coefficient (Wildman–Crippen LogP) is 1.79. The molecule has 2 aliphatic rings. The Morgan fingerprint density at radius 3 is 2.67 bits per heavy atom. The number of hydrogen-bond acceptors (Lipinski definition) is 4. The van der Waals surface area contributed by atoms with Crippen LogP contribution in [0.25, 0.3) is 0 Å². The van der Waals surface area contributed by atoms with Gasteiger partial charge in [0, 0.05) is 18.0 Å². The highest BCUT2D eigenvalue weighted by Crippen LogP contribution is 2.45. The zero-order valence-electron chi connectivity index (χ0n) is 12.6. The molecule has 1 aromatic carbocycles. The van der Waals surface area contributed by atoms with E-state index in [1.165, 1.54) is 0 Å². The number of carbonyl (C=O) groups excluding carboxylic acids is 1. The quantitative estimate of drug-likeness (QED) is 0.862. The van der Waals surface area contributed by atoms with E-state index in [1.54, 1.807) is 0 Å². The topological polar surface area (TPSA) is 49.8 Å². The molecule has 2 aliphatic heterocycles. The molecule has 0 radical (unpaired) electrons. The summed E-state index contributed by atoms with van der Waals surface area (Å²) in [5, 5.41) is 10.7. The summed E-state index contributed by atoms with van der Waals surface area (Å²) in [6.07, 6.45) is 1.08. The number of ether oxygens (including phenoxy) is 1. The van der Waals surface area contributed by atoms with Gasteiger partial charge in [0.15, 0.2) is 0 Å². The third-order valence-corrected chi connectivity index (χ3v) is 5.13. The second-order valence-corrected chi connectivity index (χ2v) is 6.14. The van der Waals surface area contributed by atoms with Gasteiger partial charge in [-0.2, -0.15) is 0 Å². The summed E-state index contributed by atoms with van der Waals surface area (Å²) in [5.74, 6) is -0.113. The molecular weight excluding hydrogens is 266 g/mol. The first-order chi connectivity index (χ1) is 10.1. The fraction of sp³-hybridized carbons (Fsp3) is 0.588. The molecule has 2 heterocycles. The van der Waals surface area contributed by atoms with E-state index in [2.05, 4.69) is 17.0 Å². The van der Waals surface area contributed by atoms with Crippen molar-refractivity contribution in [2.75, 3.05) is 13.7 Å². The third-order valence-electron chi connectivity index (χ3n) is 5.13. The molecule has 21 heavy (non-hydrogen) atoms. The van der Waals surface area contributed by atoms with Gasteiger partial charge in [0.05, 0.1) is 18.6 Å². The summed E-state index contributed by atoms with van der Waals surface area (Å²) in [4.78, 5) is 14.3. The molecule has 0 aromatic heterocycles. The minimum absolute atomic E-state index is 0.0448. The van der Waals surface area contributed by atoms with Crippen molar-refractivity contribution >= 4 is 5.97 Å². The van der Waals surface area contributed by atoms with Gasteiger partial charge in [0.25, 0.3) is 0 Å². The molecule has 0 saturated carbocycles. The molecule has 2 bridgehead atoms. The highest BCUT2D eigenvalue weighted by atomic mass is 16.5. The molecule has 1 aromatic rings. The van der Waals surface area contributed by atoms with Crippen molar-refractivity contribution in [3.63, 3.8) is 0 Å². The standard InChI is InChI=1S/C17H23NO3/c1-3-21-17(20)13-10-15-16(19)12(9-14(13)18(15)2)11-7-5-4-6-8-11/h4-8,12-16,19H,3,9-10H2,1-2H3/t12-,13-,14-,15-,16+/m1/s1. The van der Waals surface area contributed by atoms with Crippen LogP contribution in [0, 0.1) is 5.92 Å². The molecule has 2 saturated heterocycles. The molecule has 0 spiro atoms. The van der Waals surface area contributed by atoms with Crippen molar-refractivity contribution in [2.24, 2.45) is 5.92 Å². The summed E-state index contributed by atoms with van der Waals surface area (Å²) in [5.41, 5.74) is 1.16. The van der Waals surface area contributed by atoms with Crippen LogP contribution in [-0.2, 0) is 9.53 Å². The van der Waals surface area contributed by atoms with Gasteiger partial charge in [-0.1, -0.05) is 30.3 Å². The maximum atomic E-state index is 12.2. The van der Waals surface area contributed by atoms with E-state index in [0.29, 0.717) is 13.0 Å². The Hall–Kier alpha value is -1.39. The van der Waals surface area contributed by atoms with Crippen molar-refractivity contribution < 1.29 is 14.6 Å². The monoisotopic (exact) mass is 289 g/mol. The summed E-state index contributed by atoms with van der Waals surface area (Å²) < 4.78 is 5.21. The first-order valence-corrected chi connectivity index (χ1v) is 7.75. The van der Waals surface area contributed by atoms with Crippen LogP contribution in [0.15, 0.2) is 30.3 Å². The highest BCUT2D eigenvalue weighted by molar-refractivity contribution is 5.74. The smallest absolute Gasteiger partial charge is 0.310 e. The molecular formula is C17H23NO3. The molecule has 4 heteroatoms. The lowest BCUT2D eigenvalue weighted by Gasteiger charge is -2.41. The molecule has 1 N–H and O–H groups in total. The van der Waals surface area contributed by atoms with Crippen LogP contribution >= 0.6 is 0 Å². The van der Waals surface area contributed by atoms with Crippen LogP contribution in [-0.4, -0.2) is 47.8 Å². The Labute approximate surface area is 125 Å². The summed E-state index contributed by atoms with van der Waals surface area (Å²) in [7, 11) is 2.01. The SMILES string of the molecule is CCOC(=O)[C@@H]1C[C@@H]2[C@@H](O)[C@@H](c3ccccc3)C[C@H]1N2C. The first-order valence-electron chi connectivity index (χ1n) is 7.75. The number of fused-ring (bicyclic) bond motifs is 2. The average Bonchev–Trinajstić information content (AvgIpc) is 2.72. The summed E-state index contributed by atoms with van der Waals surface area (Å²) >= 11 is 0. The Morgan fingerprint density at radius 2 is 2.00 bits per heavy atom. The van der Waals surface area contributed by atoms with Gasteiger partial charge in [-0.15, -0.1) is 0 Å². The van der Waals surface area contributed by atoms with Crippen LogP contribution in [0.2, 0.25) is 0 Å². The Morgan fingerprint density at radius 1 is 1.29 bits per heavy atom. The Balaban J connectivity index is 1.84. The maximum absolute atomic E-state index is 12.2. The average molecular weight is 289 g/mol. The summed E-state index contributed by atoms with van der Waals surface area (Å²) in [6.45, 7) is 2.26. The third kappa shape index (κ3) is 2.47. The number of likely N-dealkylation sites (N-methyl/N-ethyl adjacent to an activating group) is 1. The van der Waals surface area contributed by atoms with E-state index in [1.807, 2.05) is 32.2 Å². The van der Waals surface area contributed by atoms with Gasteiger partial charge in [-0.05, 0) is 32.4 Å². The minimum Gasteiger partial charge on any atom is -0.466 e. The van der Waals surface area contributed by atoms with E-state index in [4.69, 9.17) is 4.74 Å². The highest BCUT2D eigenvalue weighted by Gasteiger charge is 2.52. The fourth-order valence-corrected chi connectivity index (χ4v) is 4.03. The zero-order chi connectivity index (χ0) is 15.0. The molecule has 4 nitrogen and oxygen atoms in total. The van der Waals surface area contributed by atoms with Crippen molar-refractivity contribution in [1.82, 2.24) is 4.90 Å². The van der Waals surface area contributed by atoms with E-state index in [-0.39, 0.29) is 29.9 Å². The number of hydrogen-bond donors (Lipinski definition) is 1. The largest absolute Gasteiger partial charge is 0.466 e. The first kappa shape index (κ1) is 14.5. The van der Waals surface area contributed by atoms with Crippen molar-refractivity contribution in [3.05, 3.63) is 35.9 Å². The fourth-order valence-electron chi connectivity index (χ4n) is 4.03. The van der Waals surface area contributed by atoms with Gasteiger partial charge >= 0.3 is 5.97 Å². The molecule has 2 fully saturated rings. The summed E-state index contributed by atoms with van der Waals surface area (Å²) in [6, 6.07) is 10.3. The van der Waals surface area contributed by atoms with Gasteiger partial charge in [0.2, 0.25) is 0 Å². The van der Waals surface area contributed by atoms with Crippen LogP contribution in [0.3, 0.4) is 0 Å². The molecule has 114 valence electrons. The van der Waals surface area contributed by atoms with Crippen LogP contribution < -0.4 is 0 Å². The normalized spacial score (nSPS) is 35.7. The number of esters is 1. The molecule has 0 unspecified atom stereocenters. The van der Waals surface area contributed by atoms with Gasteiger partial charge in [-0.3, -0.25) is 9.69 Å². The second kappa shape index (κ2) is 5.78. The lowest BCUT2D eigenvalue weighted by atomic mass is 9.82. The second-order valence-electron chi connectivity index (χ2n) is 6.14. The zero-order valence-corrected chi connectivity index (χ0v) is 12.6. The van der Waals surface area contributed by atoms with Crippen LogP contribution in [0.4, 0.5) is 0 Å². The van der Waals surface area contributed by atoms with Crippen molar-refractivity contribution in [2.45, 2.75) is 43.9 Å². The van der Waals surface area contributed by atoms with E-state index < -0.39 is 6.10 Å². The number of rotatable bonds is 3. The number of aliphatic hydroxyl groups is 1. The maximum Gasteiger partial charge on any atom is 0.310 e. The molecule has 0 aliphatic carbocycles. The van der Waals surface area contributed by atoms with Crippen molar-refractivity contribution in [1.29, 1.82) is 0 Å². The molecule has 5 atom stereocenters. The van der Waals surface area contributed by atoms with Gasteiger partial charge in [0.1, 0.15) is 0 Å². The number of benzene rings is 1. The van der Waals surface area contributed by atoms with Crippen LogP contribution in [0.1, 0.15) is 31.2 Å². The van der Waals surface area contributed by atoms with Gasteiger partial charge < -0.3 is 9.84 Å². The number of nitrogens with zero attached hydrogens (tertiary/aromatic N) is 1. The van der Waals surface area contributed by atoms with Gasteiger partial charge in [-0.25, -0.2) is 0 Å². The molecule has 3 rings (SSSR count). The lowest BCUT2D eigenvalue weighted by molar-refractivity contribution is -0.148. The van der Waals surface area contributed by atoms with Crippen LogP contribution in [0.5, 0.6) is 0 Å². The molecule has 0 amide bonds. The van der Waals surface area contributed by atoms with E-state index >= 15 is 0 Å². The number of aliphatic hydroxyl groups excluding tert-OH is 1. The van der Waals surface area contributed by atoms with E-state index in [9.17, 15) is 9.90 Å². The number of piperidine rings is 1. The predicted molar refractivity (Wildman–Crippen MR) is 79.9 cm³/mol. The van der Waals surface area contributed by atoms with E-state index in [0.717, 1.165) is 12.0 Å².